The fraction of sp³-hybridized carbons (Fsp3) is 0.370. The standard InChI is InChI=1S/C27H32FN5O7S/c1-7-16-8-9-19(37-5)21(10-16)41(35,36)32-25-22-20(40-31-25)11-18(23(28)24(22)38-6)15-33-14-17(13-30-33)12-29-26(34)39-27(2,3)4/h8-11,13-14H,7,12,15H2,1-6H3,(H,29,34)(H,31,32). The maximum absolute atomic E-state index is 15.6. The summed E-state index contributed by atoms with van der Waals surface area (Å²) < 4.78 is 67.2. The molecule has 0 bridgehead atoms. The molecule has 4 rings (SSSR count). The first-order chi connectivity index (χ1) is 19.3. The Kier molecular flexibility index (Phi) is 8.42. The predicted octanol–water partition coefficient (Wildman–Crippen LogP) is 4.62. The summed E-state index contributed by atoms with van der Waals surface area (Å²) in [4.78, 5) is 11.8. The van der Waals surface area contributed by atoms with Gasteiger partial charge in [-0.2, -0.15) is 5.10 Å². The lowest BCUT2D eigenvalue weighted by Gasteiger charge is -2.19. The Labute approximate surface area is 236 Å². The topological polar surface area (TPSA) is 147 Å². The second kappa shape index (κ2) is 11.6. The van der Waals surface area contributed by atoms with Crippen LogP contribution in [-0.2, 0) is 34.3 Å². The molecule has 0 aliphatic heterocycles. The molecule has 0 saturated carbocycles. The van der Waals surface area contributed by atoms with E-state index in [2.05, 4.69) is 20.3 Å². The first-order valence-electron chi connectivity index (χ1n) is 12.7. The van der Waals surface area contributed by atoms with E-state index >= 15 is 4.39 Å². The monoisotopic (exact) mass is 589 g/mol. The molecule has 41 heavy (non-hydrogen) atoms. The van der Waals surface area contributed by atoms with Crippen LogP contribution in [0.5, 0.6) is 11.5 Å². The number of aromatic nitrogens is 3. The molecular weight excluding hydrogens is 557 g/mol. The van der Waals surface area contributed by atoms with E-state index in [1.807, 2.05) is 6.92 Å². The van der Waals surface area contributed by atoms with Crippen molar-refractivity contribution in [3.05, 3.63) is 59.2 Å². The third kappa shape index (κ3) is 6.70. The van der Waals surface area contributed by atoms with Gasteiger partial charge in [0, 0.05) is 23.9 Å². The van der Waals surface area contributed by atoms with Crippen LogP contribution < -0.4 is 19.5 Å². The molecule has 2 aromatic heterocycles. The highest BCUT2D eigenvalue weighted by Crippen LogP contribution is 2.38. The number of amides is 1. The molecule has 2 heterocycles. The maximum Gasteiger partial charge on any atom is 0.407 e. The van der Waals surface area contributed by atoms with Crippen molar-refractivity contribution in [1.82, 2.24) is 20.3 Å². The Morgan fingerprint density at radius 3 is 2.56 bits per heavy atom. The van der Waals surface area contributed by atoms with Gasteiger partial charge in [0.05, 0.1) is 27.0 Å². The van der Waals surface area contributed by atoms with Crippen LogP contribution in [0.3, 0.4) is 0 Å². The maximum atomic E-state index is 15.6. The summed E-state index contributed by atoms with van der Waals surface area (Å²) in [6.07, 6.45) is 3.22. The highest BCUT2D eigenvalue weighted by Gasteiger charge is 2.27. The second-order valence-electron chi connectivity index (χ2n) is 10.1. The van der Waals surface area contributed by atoms with Gasteiger partial charge in [0.2, 0.25) is 0 Å². The number of ether oxygens (including phenoxy) is 3. The minimum atomic E-state index is -4.19. The van der Waals surface area contributed by atoms with E-state index in [-0.39, 0.29) is 51.8 Å². The predicted molar refractivity (Wildman–Crippen MR) is 148 cm³/mol. The SMILES string of the molecule is CCc1ccc(OC)c(S(=O)(=O)Nc2noc3cc(Cn4cc(CNC(=O)OC(C)(C)C)cn4)c(F)c(OC)c23)c1. The zero-order valence-electron chi connectivity index (χ0n) is 23.6. The van der Waals surface area contributed by atoms with E-state index in [1.165, 1.54) is 37.2 Å². The Balaban J connectivity index is 1.59. The number of hydrogen-bond acceptors (Lipinski definition) is 9. The second-order valence-corrected chi connectivity index (χ2v) is 11.8. The van der Waals surface area contributed by atoms with Gasteiger partial charge in [-0.15, -0.1) is 0 Å². The fourth-order valence-electron chi connectivity index (χ4n) is 4.05. The molecule has 0 spiro atoms. The number of carbonyl (C=O) groups is 1. The smallest absolute Gasteiger partial charge is 0.407 e. The van der Waals surface area contributed by atoms with Gasteiger partial charge in [-0.3, -0.25) is 9.40 Å². The van der Waals surface area contributed by atoms with E-state index in [1.54, 1.807) is 39.1 Å². The first kappa shape index (κ1) is 29.6. The molecule has 0 fully saturated rings. The zero-order valence-corrected chi connectivity index (χ0v) is 24.4. The lowest BCUT2D eigenvalue weighted by Crippen LogP contribution is -2.32. The lowest BCUT2D eigenvalue weighted by molar-refractivity contribution is 0.0523. The molecule has 12 nitrogen and oxygen atoms in total. The molecule has 2 N–H and O–H groups in total. The number of benzene rings is 2. The molecule has 0 atom stereocenters. The number of fused-ring (bicyclic) bond motifs is 1. The van der Waals surface area contributed by atoms with E-state index in [0.29, 0.717) is 12.0 Å². The summed E-state index contributed by atoms with van der Waals surface area (Å²) in [5.41, 5.74) is 1.09. The summed E-state index contributed by atoms with van der Waals surface area (Å²) in [6.45, 7) is 7.34. The molecule has 4 aromatic rings. The van der Waals surface area contributed by atoms with Crippen LogP contribution in [0.25, 0.3) is 11.0 Å². The molecule has 220 valence electrons. The number of sulfonamides is 1. The molecule has 0 saturated heterocycles. The van der Waals surface area contributed by atoms with E-state index in [9.17, 15) is 13.2 Å². The van der Waals surface area contributed by atoms with Crippen molar-refractivity contribution >= 4 is 32.9 Å². The lowest BCUT2D eigenvalue weighted by atomic mass is 10.1. The normalized spacial score (nSPS) is 11.9. The van der Waals surface area contributed by atoms with Gasteiger partial charge in [0.1, 0.15) is 21.6 Å². The minimum absolute atomic E-state index is 0.00661. The quantitative estimate of drug-likeness (QED) is 0.270. The van der Waals surface area contributed by atoms with Crippen LogP contribution in [0.15, 0.2) is 46.1 Å². The molecule has 0 radical (unpaired) electrons. The van der Waals surface area contributed by atoms with Crippen LogP contribution in [0, 0.1) is 5.82 Å². The van der Waals surface area contributed by atoms with Crippen molar-refractivity contribution in [3.63, 3.8) is 0 Å². The number of hydrogen-bond donors (Lipinski definition) is 2. The van der Waals surface area contributed by atoms with Gasteiger partial charge < -0.3 is 24.1 Å². The van der Waals surface area contributed by atoms with Crippen LogP contribution in [-0.4, -0.2) is 49.3 Å². The van der Waals surface area contributed by atoms with Gasteiger partial charge in [-0.05, 0) is 51.0 Å². The average molecular weight is 590 g/mol. The summed E-state index contributed by atoms with van der Waals surface area (Å²) in [5.74, 6) is -1.08. The van der Waals surface area contributed by atoms with Gasteiger partial charge in [-0.1, -0.05) is 18.1 Å². The van der Waals surface area contributed by atoms with Crippen molar-refractivity contribution in [2.24, 2.45) is 0 Å². The Hall–Kier alpha value is -4.33. The Bertz CT molecular complexity index is 1680. The third-order valence-corrected chi connectivity index (χ3v) is 7.31. The van der Waals surface area contributed by atoms with Crippen LogP contribution in [0.2, 0.25) is 0 Å². The van der Waals surface area contributed by atoms with Crippen LogP contribution >= 0.6 is 0 Å². The Morgan fingerprint density at radius 2 is 1.90 bits per heavy atom. The van der Waals surface area contributed by atoms with Crippen molar-refractivity contribution in [1.29, 1.82) is 0 Å². The van der Waals surface area contributed by atoms with Gasteiger partial charge >= 0.3 is 6.09 Å². The number of aryl methyl sites for hydroxylation is 1. The number of nitrogens with one attached hydrogen (secondary N) is 2. The van der Waals surface area contributed by atoms with Gasteiger partial charge in [0.25, 0.3) is 10.0 Å². The molecular formula is C27H32FN5O7S. The molecule has 0 unspecified atom stereocenters. The Morgan fingerprint density at radius 1 is 1.15 bits per heavy atom. The number of rotatable bonds is 10. The van der Waals surface area contributed by atoms with Crippen molar-refractivity contribution < 1.29 is 36.3 Å². The number of nitrogens with zero attached hydrogens (tertiary/aromatic N) is 3. The van der Waals surface area contributed by atoms with Gasteiger partial charge in [-0.25, -0.2) is 17.6 Å². The van der Waals surface area contributed by atoms with Crippen molar-refractivity contribution in [2.45, 2.75) is 57.7 Å². The van der Waals surface area contributed by atoms with E-state index in [4.69, 9.17) is 18.7 Å². The molecule has 0 aliphatic rings. The molecule has 14 heteroatoms. The minimum Gasteiger partial charge on any atom is -0.495 e. The van der Waals surface area contributed by atoms with Crippen molar-refractivity contribution in [2.75, 3.05) is 18.9 Å². The summed E-state index contributed by atoms with van der Waals surface area (Å²) in [6, 6.07) is 6.23. The van der Waals surface area contributed by atoms with E-state index < -0.39 is 27.5 Å². The largest absolute Gasteiger partial charge is 0.495 e. The number of methoxy groups -OCH3 is 2. The van der Waals surface area contributed by atoms with Crippen molar-refractivity contribution in [3.8, 4) is 11.5 Å². The molecule has 0 aliphatic carbocycles. The first-order valence-corrected chi connectivity index (χ1v) is 14.2. The summed E-state index contributed by atoms with van der Waals surface area (Å²) >= 11 is 0. The highest BCUT2D eigenvalue weighted by atomic mass is 32.2. The molecule has 1 amide bonds. The molecule has 2 aromatic carbocycles. The fourth-order valence-corrected chi connectivity index (χ4v) is 5.28. The summed E-state index contributed by atoms with van der Waals surface area (Å²) in [5, 5.41) is 10.7. The average Bonchev–Trinajstić information content (AvgIpc) is 3.53. The number of halogens is 1. The van der Waals surface area contributed by atoms with E-state index in [0.717, 1.165) is 5.56 Å². The third-order valence-electron chi connectivity index (χ3n) is 5.95. The number of alkyl carbamates (subject to hydrolysis) is 1. The van der Waals surface area contributed by atoms with Crippen LogP contribution in [0.1, 0.15) is 44.4 Å². The van der Waals surface area contributed by atoms with Gasteiger partial charge in [0.15, 0.2) is 23.0 Å². The summed E-state index contributed by atoms with van der Waals surface area (Å²) in [7, 11) is -1.57. The number of carbonyl (C=O) groups excluding carboxylic acids is 1. The zero-order chi connectivity index (χ0) is 29.9. The highest BCUT2D eigenvalue weighted by molar-refractivity contribution is 7.92. The van der Waals surface area contributed by atoms with Crippen LogP contribution in [0.4, 0.5) is 15.0 Å². The number of anilines is 1.